The van der Waals surface area contributed by atoms with Crippen molar-refractivity contribution in [3.05, 3.63) is 65.7 Å². The number of carbonyl (C=O) groups excluding carboxylic acids is 9. The Hall–Kier alpha value is -7.34. The number of aliphatic hydroxyl groups excluding tert-OH is 1. The van der Waals surface area contributed by atoms with Crippen LogP contribution >= 0.6 is 0 Å². The maximum absolute atomic E-state index is 14.5. The molecule has 1 fully saturated rings. The van der Waals surface area contributed by atoms with Crippen LogP contribution in [0.1, 0.15) is 138 Å². The summed E-state index contributed by atoms with van der Waals surface area (Å²) in [6, 6.07) is 8.70. The second-order valence-corrected chi connectivity index (χ2v) is 25.6. The van der Waals surface area contributed by atoms with E-state index in [9.17, 15) is 48.3 Å². The smallest absolute Gasteiger partial charge is 0.410 e. The Bertz CT molecular complexity index is 2730. The average molecular weight is 1370 g/mol. The highest BCUT2D eigenvalue weighted by Crippen LogP contribution is 2.29. The van der Waals surface area contributed by atoms with E-state index < -0.39 is 120 Å². The van der Waals surface area contributed by atoms with Gasteiger partial charge < -0.3 is 91.5 Å². The molecule has 0 radical (unpaired) electrons. The number of likely N-dealkylation sites (tertiary alicyclic amines) is 1. The molecule has 0 bridgehead atoms. The van der Waals surface area contributed by atoms with Crippen molar-refractivity contribution >= 4 is 65.4 Å². The molecule has 97 heavy (non-hydrogen) atoms. The number of rotatable bonds is 47. The van der Waals surface area contributed by atoms with Gasteiger partial charge in [-0.25, -0.2) is 9.59 Å². The number of nitrogens with two attached hydrogens (primary N) is 1. The van der Waals surface area contributed by atoms with Crippen molar-refractivity contribution in [2.45, 2.75) is 188 Å². The molecule has 2 aromatic carbocycles. The molecule has 28 nitrogen and oxygen atoms in total. The van der Waals surface area contributed by atoms with Gasteiger partial charge in [-0.15, -0.1) is 0 Å². The molecule has 3 rings (SSSR count). The Morgan fingerprint density at radius 1 is 0.701 bits per heavy atom. The van der Waals surface area contributed by atoms with Crippen molar-refractivity contribution in [3.8, 4) is 0 Å². The van der Waals surface area contributed by atoms with E-state index in [1.807, 2.05) is 32.0 Å². The van der Waals surface area contributed by atoms with E-state index in [4.69, 9.17) is 44.3 Å². The molecule has 2 aromatic rings. The van der Waals surface area contributed by atoms with Crippen LogP contribution in [0, 0.1) is 35.0 Å². The van der Waals surface area contributed by atoms with Gasteiger partial charge in [0.1, 0.15) is 30.8 Å². The maximum Gasteiger partial charge on any atom is 0.410 e. The van der Waals surface area contributed by atoms with Crippen LogP contribution in [0.15, 0.2) is 54.6 Å². The Labute approximate surface area is 573 Å². The number of primary amides is 1. The summed E-state index contributed by atoms with van der Waals surface area (Å²) in [5, 5.41) is 37.6. The van der Waals surface area contributed by atoms with Gasteiger partial charge >= 0.3 is 12.1 Å². The molecule has 1 saturated heterocycles. The molecule has 1 heterocycles. The first kappa shape index (κ1) is 83.9. The fourth-order valence-electron chi connectivity index (χ4n) is 11.3. The van der Waals surface area contributed by atoms with Crippen molar-refractivity contribution in [2.24, 2.45) is 35.3 Å². The SMILES string of the molecule is CCC(C)[C@H](NC(=O)[C@@H](NC(=O)[C@H](C(C)C)N(C)C(=O)OCc1ccc(NC(=O)C(CCCNC(N)=O)NC(=O)[C@@H](NC(=O)CCOCCOCCOCCOCCC=N)C(C)C)cc1)C(C)C)[C@@H](CC(=O)N1CCC[C@H]1C(OC)[C@@H](C)C(=O)N[C@H](C)[C@@H](O)c1ccccc1)OC. The molecule has 1 aliphatic heterocycles. The number of anilines is 1. The fraction of sp³-hybridized carbons (Fsp3) is 0.681. The molecule has 0 aliphatic carbocycles. The predicted molar refractivity (Wildman–Crippen MR) is 366 cm³/mol. The number of ether oxygens (including phenoxy) is 7. The van der Waals surface area contributed by atoms with Crippen molar-refractivity contribution < 1.29 is 81.4 Å². The molecule has 10 amide bonds. The van der Waals surface area contributed by atoms with Crippen LogP contribution in [-0.2, 0) is 73.3 Å². The lowest BCUT2D eigenvalue weighted by Gasteiger charge is -2.37. The minimum atomic E-state index is -1.11. The highest BCUT2D eigenvalue weighted by Gasteiger charge is 2.43. The van der Waals surface area contributed by atoms with Crippen LogP contribution in [0.2, 0.25) is 0 Å². The minimum Gasteiger partial charge on any atom is -0.445 e. The Morgan fingerprint density at radius 3 is 1.85 bits per heavy atom. The summed E-state index contributed by atoms with van der Waals surface area (Å²) in [5.41, 5.74) is 6.79. The van der Waals surface area contributed by atoms with E-state index in [-0.39, 0.29) is 82.3 Å². The number of methoxy groups -OCH3 is 2. The molecular formula is C69H113N11O17. The number of nitrogens with zero attached hydrogens (tertiary/aromatic N) is 2. The summed E-state index contributed by atoms with van der Waals surface area (Å²) in [5.74, 6) is -5.43. The summed E-state index contributed by atoms with van der Waals surface area (Å²) >= 11 is 0. The monoisotopic (exact) mass is 1370 g/mol. The van der Waals surface area contributed by atoms with Crippen LogP contribution in [0.25, 0.3) is 0 Å². The summed E-state index contributed by atoms with van der Waals surface area (Å²) in [4.78, 5) is 125. The zero-order valence-corrected chi connectivity index (χ0v) is 59.3. The second-order valence-electron chi connectivity index (χ2n) is 25.6. The van der Waals surface area contributed by atoms with E-state index in [0.717, 1.165) is 0 Å². The molecule has 0 saturated carbocycles. The number of likely N-dealkylation sites (N-methyl/N-ethyl adjacent to an activating group) is 1. The number of benzene rings is 2. The predicted octanol–water partition coefficient (Wildman–Crippen LogP) is 4.75. The number of hydrogen-bond donors (Lipinski definition) is 10. The van der Waals surface area contributed by atoms with Crippen LogP contribution in [-0.4, -0.2) is 216 Å². The van der Waals surface area contributed by atoms with Gasteiger partial charge in [-0.3, -0.25) is 38.5 Å². The largest absolute Gasteiger partial charge is 0.445 e. The van der Waals surface area contributed by atoms with E-state index in [1.54, 1.807) is 96.7 Å². The van der Waals surface area contributed by atoms with Crippen LogP contribution < -0.4 is 43.0 Å². The van der Waals surface area contributed by atoms with Gasteiger partial charge in [0.05, 0.1) is 102 Å². The van der Waals surface area contributed by atoms with Crippen molar-refractivity contribution in [1.82, 2.24) is 41.7 Å². The number of carbonyl (C=O) groups is 9. The second kappa shape index (κ2) is 45.3. The van der Waals surface area contributed by atoms with Crippen LogP contribution in [0.3, 0.4) is 0 Å². The standard InChI is InChI=1S/C69H113N11O17/c1-14-46(8)59(54(91-12)41-56(82)80-32-19-24-53(80)62(92-13)47(9)63(84)73-48(10)61(83)50-21-16-15-17-22-50)78-66(87)58(44(4)5)77-67(88)60(45(6)7)79(11)69(90)97-42-49-25-27-51(28-26-49)74-64(85)52(23-18-31-72-68(71)89)75-65(86)57(43(2)3)76-55(81)29-34-94-36-38-96-40-39-95-37-35-93-33-20-30-70/h15-17,21-22,25-28,30,43-48,52-54,57-62,70,83H,14,18-20,23-24,29,31-42H2,1-13H3,(H,73,84)(H,74,85)(H,75,86)(H,76,81)(H,77,88)(H,78,87)(H3,71,72,89)/t46?,47-,48-,52?,53+,54-,57+,58+,59+,60+,61-,62?/m1/s1. The normalized spacial score (nSPS) is 16.5. The molecule has 12 atom stereocenters. The molecule has 0 aromatic heterocycles. The number of amides is 10. The third kappa shape index (κ3) is 29.3. The Morgan fingerprint density at radius 2 is 1.29 bits per heavy atom. The first-order valence-corrected chi connectivity index (χ1v) is 33.9. The third-order valence-electron chi connectivity index (χ3n) is 17.1. The van der Waals surface area contributed by atoms with Gasteiger partial charge in [-0.1, -0.05) is 111 Å². The fourth-order valence-corrected chi connectivity index (χ4v) is 11.3. The summed E-state index contributed by atoms with van der Waals surface area (Å²) in [6.07, 6.45) is 0.708. The lowest BCUT2D eigenvalue weighted by atomic mass is 9.90. The molecule has 1 aliphatic rings. The van der Waals surface area contributed by atoms with Crippen LogP contribution in [0.4, 0.5) is 15.3 Å². The van der Waals surface area contributed by atoms with Gasteiger partial charge in [0.25, 0.3) is 0 Å². The molecule has 28 heteroatoms. The molecule has 11 N–H and O–H groups in total. The van der Waals surface area contributed by atoms with E-state index in [2.05, 4.69) is 37.2 Å². The maximum atomic E-state index is 14.5. The minimum absolute atomic E-state index is 0.0382. The van der Waals surface area contributed by atoms with E-state index >= 15 is 0 Å². The van der Waals surface area contributed by atoms with Crippen LogP contribution in [0.5, 0.6) is 0 Å². The van der Waals surface area contributed by atoms with Gasteiger partial charge in [-0.05, 0) is 85.8 Å². The zero-order chi connectivity index (χ0) is 72.1. The molecule has 3 unspecified atom stereocenters. The molecular weight excluding hydrogens is 1250 g/mol. The van der Waals surface area contributed by atoms with E-state index in [0.29, 0.717) is 82.1 Å². The Kier molecular flexibility index (Phi) is 39.2. The highest BCUT2D eigenvalue weighted by atomic mass is 16.6. The van der Waals surface area contributed by atoms with E-state index in [1.165, 1.54) is 32.4 Å². The summed E-state index contributed by atoms with van der Waals surface area (Å²) in [7, 11) is 4.42. The topological polar surface area (TPSA) is 379 Å². The molecule has 546 valence electrons. The van der Waals surface area contributed by atoms with Crippen molar-refractivity contribution in [1.29, 1.82) is 5.41 Å². The number of urea groups is 1. The zero-order valence-electron chi connectivity index (χ0n) is 59.3. The highest BCUT2D eigenvalue weighted by molar-refractivity contribution is 5.98. The average Bonchev–Trinajstić information content (AvgIpc) is 1.76. The first-order valence-electron chi connectivity index (χ1n) is 33.9. The van der Waals surface area contributed by atoms with Crippen molar-refractivity contribution in [2.75, 3.05) is 92.5 Å². The summed E-state index contributed by atoms with van der Waals surface area (Å²) in [6.45, 7) is 20.9. The molecule has 0 spiro atoms. The number of nitrogens with one attached hydrogen (secondary N) is 8. The van der Waals surface area contributed by atoms with Gasteiger partial charge in [0.2, 0.25) is 41.4 Å². The lowest BCUT2D eigenvalue weighted by Crippen LogP contribution is -2.60. The van der Waals surface area contributed by atoms with Gasteiger partial charge in [0, 0.05) is 52.9 Å². The first-order chi connectivity index (χ1) is 46.2. The van der Waals surface area contributed by atoms with Crippen molar-refractivity contribution in [3.63, 3.8) is 0 Å². The number of hydrogen-bond acceptors (Lipinski definition) is 18. The van der Waals surface area contributed by atoms with Gasteiger partial charge in [-0.2, -0.15) is 0 Å². The quantitative estimate of drug-likeness (QED) is 0.0316. The third-order valence-corrected chi connectivity index (χ3v) is 17.1. The number of aliphatic hydroxyl groups is 1. The van der Waals surface area contributed by atoms with Gasteiger partial charge in [0.15, 0.2) is 0 Å². The summed E-state index contributed by atoms with van der Waals surface area (Å²) < 4.78 is 39.4. The lowest BCUT2D eigenvalue weighted by molar-refractivity contribution is -0.143. The Balaban J connectivity index is 1.61.